The van der Waals surface area contributed by atoms with Gasteiger partial charge in [0.2, 0.25) is 0 Å². The first-order valence-corrected chi connectivity index (χ1v) is 10.6. The number of carbonyl (C=O) groups is 1. The molecule has 0 radical (unpaired) electrons. The maximum atomic E-state index is 12.6. The topological polar surface area (TPSA) is 93.3 Å². The Morgan fingerprint density at radius 2 is 1.90 bits per heavy atom. The number of aryl methyl sites for hydroxylation is 2. The number of thiazole rings is 2. The number of hydrazone groups is 1. The molecule has 10 heteroatoms. The number of halogens is 1. The highest BCUT2D eigenvalue weighted by molar-refractivity contribution is 7.14. The summed E-state index contributed by atoms with van der Waals surface area (Å²) in [5, 5.41) is 14.0. The van der Waals surface area contributed by atoms with Gasteiger partial charge in [-0.1, -0.05) is 28.9 Å². The van der Waals surface area contributed by atoms with Crippen LogP contribution in [-0.2, 0) is 0 Å². The van der Waals surface area contributed by atoms with Crippen LogP contribution >= 0.6 is 34.3 Å². The van der Waals surface area contributed by atoms with Crippen molar-refractivity contribution in [2.75, 3.05) is 0 Å². The lowest BCUT2D eigenvalue weighted by Crippen LogP contribution is -2.19. The van der Waals surface area contributed by atoms with Gasteiger partial charge in [0, 0.05) is 15.8 Å². The molecule has 1 aromatic carbocycles. The first kappa shape index (κ1) is 19.4. The van der Waals surface area contributed by atoms with E-state index in [1.807, 2.05) is 17.7 Å². The van der Waals surface area contributed by atoms with Crippen molar-refractivity contribution < 1.29 is 9.32 Å². The number of carbonyl (C=O) groups excluding carboxylic acids is 1. The van der Waals surface area contributed by atoms with Gasteiger partial charge in [-0.2, -0.15) is 5.10 Å². The standard InChI is InChI=1S/C19H14ClN5O2S2/c1-10-16(14-8-29-19(23-14)15-9-28-11(2)22-15)17(25-27-10)18(26)24-21-7-12-3-5-13(20)6-4-12/h3-9H,1-2H3,(H,24,26)/b21-7-. The molecular formula is C19H14ClN5O2S2. The van der Waals surface area contributed by atoms with Crippen LogP contribution in [0.4, 0.5) is 0 Å². The fourth-order valence-corrected chi connectivity index (χ4v) is 4.13. The highest BCUT2D eigenvalue weighted by Crippen LogP contribution is 2.32. The van der Waals surface area contributed by atoms with E-state index in [1.165, 1.54) is 17.6 Å². The third kappa shape index (κ3) is 4.26. The SMILES string of the molecule is Cc1nc(-c2nc(-c3c(C(=O)N/N=C\c4ccc(Cl)cc4)noc3C)cs2)cs1. The lowest BCUT2D eigenvalue weighted by molar-refractivity contribution is 0.0946. The average Bonchev–Trinajstić information content (AvgIpc) is 3.42. The average molecular weight is 444 g/mol. The quantitative estimate of drug-likeness (QED) is 0.347. The van der Waals surface area contributed by atoms with E-state index in [1.54, 1.807) is 42.5 Å². The van der Waals surface area contributed by atoms with E-state index in [0.717, 1.165) is 21.3 Å². The Kier molecular flexibility index (Phi) is 5.52. The van der Waals surface area contributed by atoms with E-state index in [4.69, 9.17) is 16.1 Å². The van der Waals surface area contributed by atoms with E-state index in [0.29, 0.717) is 22.0 Å². The summed E-state index contributed by atoms with van der Waals surface area (Å²) in [6.45, 7) is 3.68. The normalized spacial score (nSPS) is 11.3. The smallest absolute Gasteiger partial charge is 0.294 e. The molecule has 146 valence electrons. The number of nitrogens with zero attached hydrogens (tertiary/aromatic N) is 4. The summed E-state index contributed by atoms with van der Waals surface area (Å²) >= 11 is 8.87. The minimum Gasteiger partial charge on any atom is -0.360 e. The van der Waals surface area contributed by atoms with Crippen molar-refractivity contribution in [3.8, 4) is 22.0 Å². The molecule has 29 heavy (non-hydrogen) atoms. The van der Waals surface area contributed by atoms with Crippen LogP contribution in [0.5, 0.6) is 0 Å². The predicted molar refractivity (Wildman–Crippen MR) is 115 cm³/mol. The molecule has 0 aliphatic heterocycles. The summed E-state index contributed by atoms with van der Waals surface area (Å²) in [6.07, 6.45) is 1.52. The van der Waals surface area contributed by atoms with Crippen molar-refractivity contribution >= 4 is 46.4 Å². The van der Waals surface area contributed by atoms with E-state index < -0.39 is 5.91 Å². The number of benzene rings is 1. The lowest BCUT2D eigenvalue weighted by Gasteiger charge is -1.99. The van der Waals surface area contributed by atoms with Crippen molar-refractivity contribution in [2.24, 2.45) is 5.10 Å². The van der Waals surface area contributed by atoms with Crippen LogP contribution in [0.3, 0.4) is 0 Å². The molecule has 4 rings (SSSR count). The van der Waals surface area contributed by atoms with Gasteiger partial charge in [-0.25, -0.2) is 15.4 Å². The molecule has 0 aliphatic carbocycles. The molecule has 1 amide bonds. The second kappa shape index (κ2) is 8.24. The Morgan fingerprint density at radius 1 is 1.14 bits per heavy atom. The van der Waals surface area contributed by atoms with Gasteiger partial charge in [0.15, 0.2) is 5.69 Å². The van der Waals surface area contributed by atoms with E-state index in [2.05, 4.69) is 25.7 Å². The Balaban J connectivity index is 1.55. The molecule has 0 saturated heterocycles. The van der Waals surface area contributed by atoms with Crippen LogP contribution in [0, 0.1) is 13.8 Å². The molecule has 3 aromatic heterocycles. The maximum absolute atomic E-state index is 12.6. The lowest BCUT2D eigenvalue weighted by atomic mass is 10.1. The number of amides is 1. The molecule has 0 unspecified atom stereocenters. The molecule has 0 aliphatic rings. The molecule has 0 atom stereocenters. The van der Waals surface area contributed by atoms with Crippen molar-refractivity contribution in [1.29, 1.82) is 0 Å². The van der Waals surface area contributed by atoms with Crippen LogP contribution in [-0.4, -0.2) is 27.2 Å². The number of rotatable bonds is 5. The molecule has 3 heterocycles. The van der Waals surface area contributed by atoms with Gasteiger partial charge in [0.05, 0.1) is 22.5 Å². The summed E-state index contributed by atoms with van der Waals surface area (Å²) in [5.41, 5.74) is 5.36. The zero-order valence-electron chi connectivity index (χ0n) is 15.3. The Morgan fingerprint density at radius 3 is 2.62 bits per heavy atom. The minimum atomic E-state index is -0.485. The van der Waals surface area contributed by atoms with E-state index in [9.17, 15) is 4.79 Å². The minimum absolute atomic E-state index is 0.127. The third-order valence-corrected chi connectivity index (χ3v) is 5.82. The summed E-state index contributed by atoms with van der Waals surface area (Å²) in [7, 11) is 0. The summed E-state index contributed by atoms with van der Waals surface area (Å²) in [4.78, 5) is 21.6. The first-order valence-electron chi connectivity index (χ1n) is 8.45. The van der Waals surface area contributed by atoms with Crippen LogP contribution < -0.4 is 5.43 Å². The summed E-state index contributed by atoms with van der Waals surface area (Å²) in [6, 6.07) is 7.07. The zero-order valence-corrected chi connectivity index (χ0v) is 17.7. The monoisotopic (exact) mass is 443 g/mol. The van der Waals surface area contributed by atoms with Gasteiger partial charge in [-0.05, 0) is 31.5 Å². The van der Waals surface area contributed by atoms with Crippen molar-refractivity contribution in [2.45, 2.75) is 13.8 Å². The van der Waals surface area contributed by atoms with Crippen LogP contribution in [0.1, 0.15) is 26.8 Å². The number of hydrogen-bond donors (Lipinski definition) is 1. The van der Waals surface area contributed by atoms with Gasteiger partial charge in [-0.3, -0.25) is 4.79 Å². The Labute approximate surface area is 179 Å². The second-order valence-corrected chi connectivity index (χ2v) is 8.36. The van der Waals surface area contributed by atoms with Gasteiger partial charge in [-0.15, -0.1) is 22.7 Å². The number of nitrogens with one attached hydrogen (secondary N) is 1. The van der Waals surface area contributed by atoms with Gasteiger partial charge < -0.3 is 4.52 Å². The molecule has 7 nitrogen and oxygen atoms in total. The van der Waals surface area contributed by atoms with E-state index in [-0.39, 0.29) is 5.69 Å². The van der Waals surface area contributed by atoms with Crippen molar-refractivity contribution in [3.05, 3.63) is 62.1 Å². The highest BCUT2D eigenvalue weighted by Gasteiger charge is 2.23. The summed E-state index contributed by atoms with van der Waals surface area (Å²) in [5.74, 6) is 0.0178. The number of aromatic nitrogens is 3. The van der Waals surface area contributed by atoms with Crippen molar-refractivity contribution in [1.82, 2.24) is 20.6 Å². The molecule has 1 N–H and O–H groups in total. The van der Waals surface area contributed by atoms with Gasteiger partial charge >= 0.3 is 0 Å². The molecule has 0 spiro atoms. The zero-order chi connectivity index (χ0) is 20.4. The second-order valence-electron chi connectivity index (χ2n) is 6.00. The van der Waals surface area contributed by atoms with Crippen molar-refractivity contribution in [3.63, 3.8) is 0 Å². The number of hydrogen-bond acceptors (Lipinski definition) is 8. The molecule has 4 aromatic rings. The predicted octanol–water partition coefficient (Wildman–Crippen LogP) is 4.96. The Hall–Kier alpha value is -2.88. The van der Waals surface area contributed by atoms with Crippen LogP contribution in [0.2, 0.25) is 5.02 Å². The van der Waals surface area contributed by atoms with Crippen LogP contribution in [0.15, 0.2) is 44.7 Å². The molecule has 0 fully saturated rings. The third-order valence-electron chi connectivity index (χ3n) is 3.93. The first-order chi connectivity index (χ1) is 14.0. The largest absolute Gasteiger partial charge is 0.360 e. The maximum Gasteiger partial charge on any atom is 0.294 e. The molecule has 0 bridgehead atoms. The van der Waals surface area contributed by atoms with Gasteiger partial charge in [0.25, 0.3) is 5.91 Å². The van der Waals surface area contributed by atoms with Crippen LogP contribution in [0.25, 0.3) is 22.0 Å². The summed E-state index contributed by atoms with van der Waals surface area (Å²) < 4.78 is 5.24. The fraction of sp³-hybridized carbons (Fsp3) is 0.105. The van der Waals surface area contributed by atoms with E-state index >= 15 is 0 Å². The molecular weight excluding hydrogens is 430 g/mol. The van der Waals surface area contributed by atoms with Gasteiger partial charge in [0.1, 0.15) is 16.5 Å². The Bertz CT molecular complexity index is 1190. The fourth-order valence-electron chi connectivity index (χ4n) is 2.56. The highest BCUT2D eigenvalue weighted by atomic mass is 35.5. The molecule has 0 saturated carbocycles.